The summed E-state index contributed by atoms with van der Waals surface area (Å²) in [4.78, 5) is 0.404. The van der Waals surface area contributed by atoms with E-state index in [0.29, 0.717) is 11.6 Å². The van der Waals surface area contributed by atoms with Gasteiger partial charge in [-0.1, -0.05) is 36.0 Å². The second-order valence-corrected chi connectivity index (χ2v) is 5.05. The van der Waals surface area contributed by atoms with Crippen molar-refractivity contribution in [2.24, 2.45) is 5.73 Å². The molecule has 0 amide bonds. The molecule has 2 nitrogen and oxygen atoms in total. The van der Waals surface area contributed by atoms with Crippen molar-refractivity contribution in [3.05, 3.63) is 64.7 Å². The molecule has 0 aromatic heterocycles. The van der Waals surface area contributed by atoms with Crippen molar-refractivity contribution in [2.75, 3.05) is 0 Å². The van der Waals surface area contributed by atoms with E-state index in [2.05, 4.69) is 32.0 Å². The summed E-state index contributed by atoms with van der Waals surface area (Å²) >= 11 is 4.91. The molecule has 19 heavy (non-hydrogen) atoms. The standard InChI is InChI=1S/C16H17NOS/c1-11-3-4-12(2)14(9-11)10-18-15-7-5-13(6-8-15)16(17)19/h3-9H,10H2,1-2H3,(H2,17,19). The van der Waals surface area contributed by atoms with E-state index in [0.717, 1.165) is 11.3 Å². The highest BCUT2D eigenvalue weighted by molar-refractivity contribution is 7.80. The van der Waals surface area contributed by atoms with Crippen LogP contribution in [-0.2, 0) is 6.61 Å². The number of thiocarbonyl (C=S) groups is 1. The zero-order chi connectivity index (χ0) is 13.8. The van der Waals surface area contributed by atoms with Gasteiger partial charge in [0.05, 0.1) is 0 Å². The molecule has 2 aromatic carbocycles. The van der Waals surface area contributed by atoms with E-state index in [4.69, 9.17) is 22.7 Å². The number of nitrogens with two attached hydrogens (primary N) is 1. The first-order valence-corrected chi connectivity index (χ1v) is 6.56. The maximum Gasteiger partial charge on any atom is 0.119 e. The number of rotatable bonds is 4. The van der Waals surface area contributed by atoms with Gasteiger partial charge in [-0.15, -0.1) is 0 Å². The van der Waals surface area contributed by atoms with Gasteiger partial charge >= 0.3 is 0 Å². The number of aryl methyl sites for hydroxylation is 2. The molecule has 98 valence electrons. The molecule has 0 aliphatic heterocycles. The van der Waals surface area contributed by atoms with Crippen LogP contribution < -0.4 is 10.5 Å². The van der Waals surface area contributed by atoms with Crippen LogP contribution in [0.1, 0.15) is 22.3 Å². The van der Waals surface area contributed by atoms with Gasteiger partial charge in [0.25, 0.3) is 0 Å². The molecule has 0 radical (unpaired) electrons. The van der Waals surface area contributed by atoms with Crippen molar-refractivity contribution in [1.29, 1.82) is 0 Å². The van der Waals surface area contributed by atoms with Crippen LogP contribution >= 0.6 is 12.2 Å². The van der Waals surface area contributed by atoms with Gasteiger partial charge in [-0.3, -0.25) is 0 Å². The van der Waals surface area contributed by atoms with E-state index < -0.39 is 0 Å². The van der Waals surface area contributed by atoms with E-state index in [1.54, 1.807) is 0 Å². The fraction of sp³-hybridized carbons (Fsp3) is 0.188. The van der Waals surface area contributed by atoms with Crippen LogP contribution in [-0.4, -0.2) is 4.99 Å². The summed E-state index contributed by atoms with van der Waals surface area (Å²) in [6.45, 7) is 4.74. The monoisotopic (exact) mass is 271 g/mol. The van der Waals surface area contributed by atoms with E-state index in [-0.39, 0.29) is 0 Å². The average Bonchev–Trinajstić information content (AvgIpc) is 2.40. The summed E-state index contributed by atoms with van der Waals surface area (Å²) in [6, 6.07) is 13.9. The predicted octanol–water partition coefficient (Wildman–Crippen LogP) is 3.52. The zero-order valence-corrected chi connectivity index (χ0v) is 12.0. The smallest absolute Gasteiger partial charge is 0.119 e. The fourth-order valence-electron chi connectivity index (χ4n) is 1.83. The molecule has 2 N–H and O–H groups in total. The van der Waals surface area contributed by atoms with Crippen LogP contribution in [0.3, 0.4) is 0 Å². The first kappa shape index (κ1) is 13.6. The maximum absolute atomic E-state index is 5.78. The lowest BCUT2D eigenvalue weighted by Gasteiger charge is -2.10. The van der Waals surface area contributed by atoms with Crippen molar-refractivity contribution in [2.45, 2.75) is 20.5 Å². The maximum atomic E-state index is 5.78. The van der Waals surface area contributed by atoms with E-state index in [9.17, 15) is 0 Å². The first-order chi connectivity index (χ1) is 9.06. The highest BCUT2D eigenvalue weighted by Crippen LogP contribution is 2.16. The summed E-state index contributed by atoms with van der Waals surface area (Å²) in [5.41, 5.74) is 10.1. The molecule has 0 heterocycles. The molecule has 0 atom stereocenters. The van der Waals surface area contributed by atoms with Crippen molar-refractivity contribution in [3.63, 3.8) is 0 Å². The second kappa shape index (κ2) is 5.85. The summed E-state index contributed by atoms with van der Waals surface area (Å²) in [5, 5.41) is 0. The van der Waals surface area contributed by atoms with E-state index in [1.165, 1.54) is 16.7 Å². The van der Waals surface area contributed by atoms with Gasteiger partial charge in [0.1, 0.15) is 17.3 Å². The minimum absolute atomic E-state index is 0.404. The molecule has 0 unspecified atom stereocenters. The molecular formula is C16H17NOS. The molecule has 2 aromatic rings. The summed E-state index contributed by atoms with van der Waals surface area (Å²) in [5.74, 6) is 0.820. The van der Waals surface area contributed by atoms with Crippen LogP contribution in [0.4, 0.5) is 0 Å². The average molecular weight is 271 g/mol. The Labute approximate surface area is 119 Å². The summed E-state index contributed by atoms with van der Waals surface area (Å²) in [6.07, 6.45) is 0. The number of benzene rings is 2. The largest absolute Gasteiger partial charge is 0.489 e. The van der Waals surface area contributed by atoms with E-state index in [1.807, 2.05) is 24.3 Å². The lowest BCUT2D eigenvalue weighted by molar-refractivity contribution is 0.305. The van der Waals surface area contributed by atoms with Crippen LogP contribution in [0.2, 0.25) is 0 Å². The van der Waals surface area contributed by atoms with Crippen molar-refractivity contribution >= 4 is 17.2 Å². The SMILES string of the molecule is Cc1ccc(C)c(COc2ccc(C(N)=S)cc2)c1. The van der Waals surface area contributed by atoms with Crippen molar-refractivity contribution < 1.29 is 4.74 Å². The molecule has 0 spiro atoms. The third-order valence-electron chi connectivity index (χ3n) is 3.04. The molecule has 0 saturated heterocycles. The van der Waals surface area contributed by atoms with Gasteiger partial charge in [0.15, 0.2) is 0 Å². The molecule has 0 saturated carbocycles. The Balaban J connectivity index is 2.06. The molecule has 0 aliphatic rings. The molecule has 0 fully saturated rings. The van der Waals surface area contributed by atoms with Gasteiger partial charge in [-0.25, -0.2) is 0 Å². The zero-order valence-electron chi connectivity index (χ0n) is 11.1. The summed E-state index contributed by atoms with van der Waals surface area (Å²) < 4.78 is 5.78. The quantitative estimate of drug-likeness (QED) is 0.864. The Hall–Kier alpha value is -1.87. The van der Waals surface area contributed by atoms with Gasteiger partial charge in [-0.2, -0.15) is 0 Å². The topological polar surface area (TPSA) is 35.2 Å². The van der Waals surface area contributed by atoms with Crippen LogP contribution in [0.15, 0.2) is 42.5 Å². The van der Waals surface area contributed by atoms with Crippen LogP contribution in [0, 0.1) is 13.8 Å². The predicted molar refractivity (Wildman–Crippen MR) is 82.6 cm³/mol. The van der Waals surface area contributed by atoms with Crippen molar-refractivity contribution in [1.82, 2.24) is 0 Å². The third-order valence-corrected chi connectivity index (χ3v) is 3.27. The lowest BCUT2D eigenvalue weighted by Crippen LogP contribution is -2.08. The van der Waals surface area contributed by atoms with Gasteiger partial charge < -0.3 is 10.5 Å². The molecule has 0 aliphatic carbocycles. The van der Waals surface area contributed by atoms with Crippen LogP contribution in [0.5, 0.6) is 5.75 Å². The summed E-state index contributed by atoms with van der Waals surface area (Å²) in [7, 11) is 0. The molecule has 2 rings (SSSR count). The second-order valence-electron chi connectivity index (χ2n) is 4.61. The first-order valence-electron chi connectivity index (χ1n) is 6.15. The Kier molecular flexibility index (Phi) is 4.17. The number of hydrogen-bond donors (Lipinski definition) is 1. The normalized spacial score (nSPS) is 10.2. The number of hydrogen-bond acceptors (Lipinski definition) is 2. The van der Waals surface area contributed by atoms with Crippen molar-refractivity contribution in [3.8, 4) is 5.75 Å². The molecular weight excluding hydrogens is 254 g/mol. The Morgan fingerprint density at radius 2 is 1.79 bits per heavy atom. The Morgan fingerprint density at radius 3 is 2.42 bits per heavy atom. The Bertz CT molecular complexity index is 590. The highest BCUT2D eigenvalue weighted by Gasteiger charge is 2.01. The molecule has 3 heteroatoms. The van der Waals surface area contributed by atoms with Gasteiger partial charge in [0, 0.05) is 5.56 Å². The van der Waals surface area contributed by atoms with E-state index >= 15 is 0 Å². The highest BCUT2D eigenvalue weighted by atomic mass is 32.1. The lowest BCUT2D eigenvalue weighted by atomic mass is 10.1. The molecule has 0 bridgehead atoms. The minimum atomic E-state index is 0.404. The van der Waals surface area contributed by atoms with Gasteiger partial charge in [-0.05, 0) is 49.2 Å². The van der Waals surface area contributed by atoms with Gasteiger partial charge in [0.2, 0.25) is 0 Å². The fourth-order valence-corrected chi connectivity index (χ4v) is 1.97. The van der Waals surface area contributed by atoms with Crippen LogP contribution in [0.25, 0.3) is 0 Å². The third kappa shape index (κ3) is 3.55. The minimum Gasteiger partial charge on any atom is -0.489 e. The Morgan fingerprint density at radius 1 is 1.11 bits per heavy atom. The number of ether oxygens (including phenoxy) is 1.